The minimum atomic E-state index is -0.308. The summed E-state index contributed by atoms with van der Waals surface area (Å²) in [5, 5.41) is 4.30. The molecule has 22 heavy (non-hydrogen) atoms. The number of likely N-dealkylation sites (tertiary alicyclic amines) is 1. The fraction of sp³-hybridized carbons (Fsp3) is 0.412. The summed E-state index contributed by atoms with van der Waals surface area (Å²) in [6.07, 6.45) is 6.43. The molecule has 2 heterocycles. The average Bonchev–Trinajstić information content (AvgIpc) is 3.08. The molecule has 1 aromatic heterocycles. The van der Waals surface area contributed by atoms with Crippen molar-refractivity contribution in [3.05, 3.63) is 54.1 Å². The topological polar surface area (TPSA) is 38.1 Å². The Hall–Kier alpha value is -2.01. The lowest BCUT2D eigenvalue weighted by Crippen LogP contribution is -2.36. The van der Waals surface area contributed by atoms with E-state index in [4.69, 9.17) is 0 Å². The van der Waals surface area contributed by atoms with Gasteiger partial charge < -0.3 is 4.90 Å². The van der Waals surface area contributed by atoms with Crippen LogP contribution in [0.5, 0.6) is 0 Å². The molecule has 1 aromatic carbocycles. The zero-order valence-electron chi connectivity index (χ0n) is 12.5. The highest BCUT2D eigenvalue weighted by Gasteiger charge is 2.21. The Balaban J connectivity index is 1.45. The molecular weight excluding hydrogens is 281 g/mol. The number of carbonyl (C=O) groups is 1. The first kappa shape index (κ1) is 14.9. The van der Waals surface area contributed by atoms with Gasteiger partial charge in [-0.15, -0.1) is 0 Å². The predicted molar refractivity (Wildman–Crippen MR) is 82.3 cm³/mol. The molecule has 0 spiro atoms. The number of Topliss-reactive ketones (excluding diaryl/α,β-unsaturated/α-hetero) is 1. The lowest BCUT2D eigenvalue weighted by atomic mass is 10.0. The van der Waals surface area contributed by atoms with E-state index in [2.05, 4.69) is 10.00 Å². The second-order valence-electron chi connectivity index (χ2n) is 5.74. The molecule has 1 saturated heterocycles. The molecule has 0 N–H and O–H groups in total. The lowest BCUT2D eigenvalue weighted by molar-refractivity contribution is 0.0950. The second-order valence-corrected chi connectivity index (χ2v) is 5.74. The van der Waals surface area contributed by atoms with Crippen molar-refractivity contribution in [2.24, 2.45) is 0 Å². The number of nitrogens with zero attached hydrogens (tertiary/aromatic N) is 3. The monoisotopic (exact) mass is 301 g/mol. The van der Waals surface area contributed by atoms with Crippen LogP contribution in [0.2, 0.25) is 0 Å². The number of rotatable bonds is 5. The van der Waals surface area contributed by atoms with E-state index < -0.39 is 0 Å². The summed E-state index contributed by atoms with van der Waals surface area (Å²) >= 11 is 0. The van der Waals surface area contributed by atoms with Gasteiger partial charge in [0.25, 0.3) is 0 Å². The smallest absolute Gasteiger partial charge is 0.164 e. The van der Waals surface area contributed by atoms with E-state index in [1.54, 1.807) is 12.1 Å². The molecule has 4 nitrogen and oxygen atoms in total. The maximum atomic E-state index is 12.9. The Morgan fingerprint density at radius 1 is 1.23 bits per heavy atom. The Morgan fingerprint density at radius 2 is 1.95 bits per heavy atom. The fourth-order valence-corrected chi connectivity index (χ4v) is 2.94. The summed E-state index contributed by atoms with van der Waals surface area (Å²) in [4.78, 5) is 14.4. The van der Waals surface area contributed by atoms with Gasteiger partial charge in [0.15, 0.2) is 5.78 Å². The van der Waals surface area contributed by atoms with Gasteiger partial charge in [-0.25, -0.2) is 4.39 Å². The number of ketones is 1. The van der Waals surface area contributed by atoms with Gasteiger partial charge in [-0.05, 0) is 43.2 Å². The van der Waals surface area contributed by atoms with Crippen molar-refractivity contribution >= 4 is 5.78 Å². The Kier molecular flexibility index (Phi) is 4.63. The van der Waals surface area contributed by atoms with Crippen LogP contribution in [-0.4, -0.2) is 40.1 Å². The Morgan fingerprint density at radius 3 is 2.59 bits per heavy atom. The van der Waals surface area contributed by atoms with E-state index in [1.807, 2.05) is 23.1 Å². The van der Waals surface area contributed by atoms with Crippen LogP contribution in [-0.2, 0) is 0 Å². The maximum Gasteiger partial charge on any atom is 0.164 e. The summed E-state index contributed by atoms with van der Waals surface area (Å²) in [6, 6.07) is 8.21. The molecule has 0 saturated carbocycles. The zero-order chi connectivity index (χ0) is 15.4. The van der Waals surface area contributed by atoms with Gasteiger partial charge >= 0.3 is 0 Å². The van der Waals surface area contributed by atoms with Crippen LogP contribution in [0.15, 0.2) is 42.7 Å². The Bertz CT molecular complexity index is 601. The van der Waals surface area contributed by atoms with Crippen molar-refractivity contribution in [3.63, 3.8) is 0 Å². The summed E-state index contributed by atoms with van der Waals surface area (Å²) in [6.45, 7) is 2.74. The largest absolute Gasteiger partial charge is 0.303 e. The fourth-order valence-electron chi connectivity index (χ4n) is 2.94. The zero-order valence-corrected chi connectivity index (χ0v) is 12.5. The van der Waals surface area contributed by atoms with E-state index in [-0.39, 0.29) is 11.6 Å². The number of halogens is 1. The number of hydrogen-bond acceptors (Lipinski definition) is 3. The molecule has 0 unspecified atom stereocenters. The van der Waals surface area contributed by atoms with Crippen LogP contribution in [0.1, 0.15) is 35.7 Å². The highest BCUT2D eigenvalue weighted by atomic mass is 19.1. The highest BCUT2D eigenvalue weighted by molar-refractivity contribution is 5.96. The van der Waals surface area contributed by atoms with Gasteiger partial charge in [-0.2, -0.15) is 5.10 Å². The number of hydrogen-bond donors (Lipinski definition) is 0. The van der Waals surface area contributed by atoms with E-state index in [9.17, 15) is 9.18 Å². The third-order valence-corrected chi connectivity index (χ3v) is 4.28. The predicted octanol–water partition coefficient (Wildman–Crippen LogP) is 2.93. The first-order valence-corrected chi connectivity index (χ1v) is 7.72. The molecule has 116 valence electrons. The molecular formula is C17H20FN3O. The third kappa shape index (κ3) is 3.60. The van der Waals surface area contributed by atoms with Crippen molar-refractivity contribution < 1.29 is 9.18 Å². The molecule has 0 atom stereocenters. The van der Waals surface area contributed by atoms with Gasteiger partial charge in [0.05, 0.1) is 6.04 Å². The van der Waals surface area contributed by atoms with Crippen molar-refractivity contribution in [2.75, 3.05) is 19.6 Å². The number of benzene rings is 1. The molecule has 0 bridgehead atoms. The normalized spacial score (nSPS) is 16.8. The van der Waals surface area contributed by atoms with Gasteiger partial charge in [0, 0.05) is 44.0 Å². The van der Waals surface area contributed by atoms with Crippen molar-refractivity contribution in [1.29, 1.82) is 0 Å². The molecule has 3 rings (SSSR count). The molecule has 0 radical (unpaired) electrons. The maximum absolute atomic E-state index is 12.9. The minimum absolute atomic E-state index is 0.0780. The van der Waals surface area contributed by atoms with Crippen molar-refractivity contribution in [1.82, 2.24) is 14.7 Å². The SMILES string of the molecule is O=C(CCN1CCC(n2cccn2)CC1)c1ccc(F)cc1. The molecule has 1 aliphatic rings. The first-order valence-electron chi connectivity index (χ1n) is 7.72. The van der Waals surface area contributed by atoms with E-state index in [1.165, 1.54) is 12.1 Å². The van der Waals surface area contributed by atoms with Gasteiger partial charge in [-0.3, -0.25) is 9.48 Å². The molecule has 0 aliphatic carbocycles. The molecule has 2 aromatic rings. The van der Waals surface area contributed by atoms with Crippen LogP contribution in [0.3, 0.4) is 0 Å². The van der Waals surface area contributed by atoms with Gasteiger partial charge in [0.2, 0.25) is 0 Å². The van der Waals surface area contributed by atoms with Crippen LogP contribution in [0.4, 0.5) is 4.39 Å². The van der Waals surface area contributed by atoms with E-state index in [0.29, 0.717) is 18.0 Å². The minimum Gasteiger partial charge on any atom is -0.303 e. The van der Waals surface area contributed by atoms with E-state index >= 15 is 0 Å². The van der Waals surface area contributed by atoms with Crippen LogP contribution < -0.4 is 0 Å². The summed E-state index contributed by atoms with van der Waals surface area (Å²) < 4.78 is 14.9. The number of piperidine rings is 1. The van der Waals surface area contributed by atoms with Crippen LogP contribution >= 0.6 is 0 Å². The summed E-state index contributed by atoms with van der Waals surface area (Å²) in [5.41, 5.74) is 0.591. The molecule has 1 aliphatic heterocycles. The number of carbonyl (C=O) groups excluding carboxylic acids is 1. The summed E-state index contributed by atoms with van der Waals surface area (Å²) in [5.74, 6) is -0.230. The van der Waals surface area contributed by atoms with Crippen molar-refractivity contribution in [2.45, 2.75) is 25.3 Å². The third-order valence-electron chi connectivity index (χ3n) is 4.28. The van der Waals surface area contributed by atoms with Crippen LogP contribution in [0.25, 0.3) is 0 Å². The molecule has 1 fully saturated rings. The average molecular weight is 301 g/mol. The van der Waals surface area contributed by atoms with Gasteiger partial charge in [-0.1, -0.05) is 0 Å². The second kappa shape index (κ2) is 6.83. The summed E-state index contributed by atoms with van der Waals surface area (Å²) in [7, 11) is 0. The van der Waals surface area contributed by atoms with E-state index in [0.717, 1.165) is 32.5 Å². The van der Waals surface area contributed by atoms with Crippen molar-refractivity contribution in [3.8, 4) is 0 Å². The lowest BCUT2D eigenvalue weighted by Gasteiger charge is -2.31. The Labute approximate surface area is 129 Å². The number of aromatic nitrogens is 2. The molecule has 0 amide bonds. The first-order chi connectivity index (χ1) is 10.7. The quantitative estimate of drug-likeness (QED) is 0.797. The molecule has 5 heteroatoms. The highest BCUT2D eigenvalue weighted by Crippen LogP contribution is 2.21. The van der Waals surface area contributed by atoms with Gasteiger partial charge in [0.1, 0.15) is 5.82 Å². The van der Waals surface area contributed by atoms with Crippen LogP contribution in [0, 0.1) is 5.82 Å². The standard InChI is InChI=1S/C17H20FN3O/c18-15-4-2-14(3-5-15)17(22)8-13-20-11-6-16(7-12-20)21-10-1-9-19-21/h1-5,9-10,16H,6-8,11-13H2.